The Morgan fingerprint density at radius 2 is 1.91 bits per heavy atom. The van der Waals surface area contributed by atoms with E-state index < -0.39 is 6.10 Å². The normalized spacial score (nSPS) is 12.2. The number of nitrogens with one attached hydrogen (secondary N) is 1. The van der Waals surface area contributed by atoms with Crippen LogP contribution in [-0.2, 0) is 0 Å². The first kappa shape index (κ1) is 14.8. The van der Waals surface area contributed by atoms with Crippen LogP contribution >= 0.6 is 11.3 Å². The predicted octanol–water partition coefficient (Wildman–Crippen LogP) is 3.75. The van der Waals surface area contributed by atoms with Gasteiger partial charge in [-0.25, -0.2) is 0 Å². The van der Waals surface area contributed by atoms with Crippen LogP contribution in [0.3, 0.4) is 0 Å². The standard InChI is InChI=1S/C18H17NO2S/c20-16(17-9-4-12-22-17)10-11-19-18(21)15-8-3-6-13-5-1-2-7-14(13)15/h1-9,12,16,20H,10-11H2,(H,19,21)/t16-/m1/s1. The number of aliphatic hydroxyl groups is 1. The lowest BCUT2D eigenvalue weighted by Gasteiger charge is -2.11. The Hall–Kier alpha value is -2.17. The van der Waals surface area contributed by atoms with Gasteiger partial charge in [-0.1, -0.05) is 42.5 Å². The van der Waals surface area contributed by atoms with Gasteiger partial charge in [-0.15, -0.1) is 11.3 Å². The molecule has 1 aromatic heterocycles. The summed E-state index contributed by atoms with van der Waals surface area (Å²) in [5.41, 5.74) is 0.670. The van der Waals surface area contributed by atoms with E-state index in [1.165, 1.54) is 11.3 Å². The van der Waals surface area contributed by atoms with E-state index in [4.69, 9.17) is 0 Å². The zero-order chi connectivity index (χ0) is 15.4. The largest absolute Gasteiger partial charge is 0.388 e. The fourth-order valence-electron chi connectivity index (χ4n) is 2.46. The number of thiophene rings is 1. The van der Waals surface area contributed by atoms with Crippen LogP contribution in [-0.4, -0.2) is 17.6 Å². The van der Waals surface area contributed by atoms with Crippen molar-refractivity contribution in [2.45, 2.75) is 12.5 Å². The SMILES string of the molecule is O=C(NCC[C@@H](O)c1cccs1)c1cccc2ccccc12. The highest BCUT2D eigenvalue weighted by atomic mass is 32.1. The second-order valence-electron chi connectivity index (χ2n) is 5.10. The van der Waals surface area contributed by atoms with Crippen molar-refractivity contribution in [3.05, 3.63) is 70.4 Å². The molecule has 0 radical (unpaired) electrons. The number of carbonyl (C=O) groups is 1. The number of benzene rings is 2. The maximum absolute atomic E-state index is 12.3. The van der Waals surface area contributed by atoms with Gasteiger partial charge in [0.05, 0.1) is 6.10 Å². The third-order valence-corrected chi connectivity index (χ3v) is 4.58. The Labute approximate surface area is 133 Å². The number of hydrogen-bond donors (Lipinski definition) is 2. The lowest BCUT2D eigenvalue weighted by atomic mass is 10.0. The molecule has 2 N–H and O–H groups in total. The lowest BCUT2D eigenvalue weighted by Crippen LogP contribution is -2.25. The molecule has 0 spiro atoms. The highest BCUT2D eigenvalue weighted by Gasteiger charge is 2.11. The van der Waals surface area contributed by atoms with E-state index in [0.29, 0.717) is 18.5 Å². The summed E-state index contributed by atoms with van der Waals surface area (Å²) in [4.78, 5) is 13.3. The molecule has 0 bridgehead atoms. The minimum Gasteiger partial charge on any atom is -0.388 e. The maximum Gasteiger partial charge on any atom is 0.251 e. The third kappa shape index (κ3) is 3.18. The van der Waals surface area contributed by atoms with Crippen molar-refractivity contribution in [2.24, 2.45) is 0 Å². The third-order valence-electron chi connectivity index (χ3n) is 3.61. The summed E-state index contributed by atoms with van der Waals surface area (Å²) in [6.07, 6.45) is -0.00961. The molecule has 112 valence electrons. The predicted molar refractivity (Wildman–Crippen MR) is 90.2 cm³/mol. The average Bonchev–Trinajstić information content (AvgIpc) is 3.08. The van der Waals surface area contributed by atoms with E-state index in [1.807, 2.05) is 60.0 Å². The van der Waals surface area contributed by atoms with E-state index in [2.05, 4.69) is 5.32 Å². The second kappa shape index (κ2) is 6.73. The first-order chi connectivity index (χ1) is 10.8. The molecule has 3 aromatic rings. The molecule has 1 heterocycles. The second-order valence-corrected chi connectivity index (χ2v) is 6.08. The van der Waals surface area contributed by atoms with Crippen molar-refractivity contribution in [1.82, 2.24) is 5.32 Å². The van der Waals surface area contributed by atoms with Gasteiger partial charge < -0.3 is 10.4 Å². The monoisotopic (exact) mass is 311 g/mol. The fourth-order valence-corrected chi connectivity index (χ4v) is 3.21. The van der Waals surface area contributed by atoms with Crippen LogP contribution in [0.15, 0.2) is 60.0 Å². The Morgan fingerprint density at radius 3 is 2.73 bits per heavy atom. The van der Waals surface area contributed by atoms with Gasteiger partial charge in [0.25, 0.3) is 5.91 Å². The molecule has 2 aromatic carbocycles. The van der Waals surface area contributed by atoms with E-state index in [-0.39, 0.29) is 5.91 Å². The Balaban J connectivity index is 1.64. The molecule has 0 saturated carbocycles. The highest BCUT2D eigenvalue weighted by Crippen LogP contribution is 2.21. The van der Waals surface area contributed by atoms with E-state index in [9.17, 15) is 9.90 Å². The topological polar surface area (TPSA) is 49.3 Å². The molecule has 1 amide bonds. The zero-order valence-corrected chi connectivity index (χ0v) is 12.8. The minimum absolute atomic E-state index is 0.102. The molecule has 0 aliphatic heterocycles. The smallest absolute Gasteiger partial charge is 0.251 e. The summed E-state index contributed by atoms with van der Waals surface area (Å²) in [7, 11) is 0. The van der Waals surface area contributed by atoms with Crippen LogP contribution in [0.4, 0.5) is 0 Å². The van der Waals surface area contributed by atoms with Gasteiger partial charge in [-0.3, -0.25) is 4.79 Å². The van der Waals surface area contributed by atoms with Gasteiger partial charge in [0.15, 0.2) is 0 Å². The lowest BCUT2D eigenvalue weighted by molar-refractivity contribution is 0.0945. The van der Waals surface area contributed by atoms with Crippen LogP contribution in [0, 0.1) is 0 Å². The number of rotatable bonds is 5. The Kier molecular flexibility index (Phi) is 4.51. The first-order valence-corrected chi connectivity index (χ1v) is 8.11. The number of amides is 1. The van der Waals surface area contributed by atoms with Gasteiger partial charge in [0, 0.05) is 17.0 Å². The number of hydrogen-bond acceptors (Lipinski definition) is 3. The van der Waals surface area contributed by atoms with Crippen LogP contribution < -0.4 is 5.32 Å². The van der Waals surface area contributed by atoms with Crippen molar-refractivity contribution < 1.29 is 9.90 Å². The summed E-state index contributed by atoms with van der Waals surface area (Å²) < 4.78 is 0. The number of carbonyl (C=O) groups excluding carboxylic acids is 1. The van der Waals surface area contributed by atoms with Gasteiger partial charge in [-0.2, -0.15) is 0 Å². The van der Waals surface area contributed by atoms with Crippen LogP contribution in [0.1, 0.15) is 27.8 Å². The summed E-state index contributed by atoms with van der Waals surface area (Å²) in [6.45, 7) is 0.446. The summed E-state index contributed by atoms with van der Waals surface area (Å²) in [5.74, 6) is -0.102. The molecule has 0 aliphatic rings. The van der Waals surface area contributed by atoms with E-state index in [1.54, 1.807) is 0 Å². The van der Waals surface area contributed by atoms with Gasteiger partial charge in [0.1, 0.15) is 0 Å². The molecule has 0 aliphatic carbocycles. The van der Waals surface area contributed by atoms with Gasteiger partial charge >= 0.3 is 0 Å². The average molecular weight is 311 g/mol. The molecule has 4 heteroatoms. The molecule has 0 saturated heterocycles. The summed E-state index contributed by atoms with van der Waals surface area (Å²) >= 11 is 1.53. The highest BCUT2D eigenvalue weighted by molar-refractivity contribution is 7.10. The first-order valence-electron chi connectivity index (χ1n) is 7.23. The number of fused-ring (bicyclic) bond motifs is 1. The van der Waals surface area contributed by atoms with Crippen molar-refractivity contribution >= 4 is 28.0 Å². The molecule has 0 unspecified atom stereocenters. The number of aliphatic hydroxyl groups excluding tert-OH is 1. The van der Waals surface area contributed by atoms with Crippen molar-refractivity contribution in [3.8, 4) is 0 Å². The molecular weight excluding hydrogens is 294 g/mol. The summed E-state index contributed by atoms with van der Waals surface area (Å²) in [5, 5.41) is 16.8. The van der Waals surface area contributed by atoms with E-state index >= 15 is 0 Å². The molecule has 22 heavy (non-hydrogen) atoms. The molecular formula is C18H17NO2S. The van der Waals surface area contributed by atoms with Crippen molar-refractivity contribution in [2.75, 3.05) is 6.54 Å². The zero-order valence-electron chi connectivity index (χ0n) is 12.0. The molecule has 3 rings (SSSR count). The Bertz CT molecular complexity index is 762. The van der Waals surface area contributed by atoms with E-state index in [0.717, 1.165) is 15.6 Å². The molecule has 3 nitrogen and oxygen atoms in total. The minimum atomic E-state index is -0.521. The van der Waals surface area contributed by atoms with Crippen LogP contribution in [0.5, 0.6) is 0 Å². The summed E-state index contributed by atoms with van der Waals surface area (Å²) in [6, 6.07) is 17.4. The van der Waals surface area contributed by atoms with Crippen LogP contribution in [0.25, 0.3) is 10.8 Å². The maximum atomic E-state index is 12.3. The van der Waals surface area contributed by atoms with Crippen molar-refractivity contribution in [1.29, 1.82) is 0 Å². The quantitative estimate of drug-likeness (QED) is 0.754. The fraction of sp³-hybridized carbons (Fsp3) is 0.167. The van der Waals surface area contributed by atoms with Gasteiger partial charge in [0.2, 0.25) is 0 Å². The van der Waals surface area contributed by atoms with Crippen LogP contribution in [0.2, 0.25) is 0 Å². The van der Waals surface area contributed by atoms with Crippen molar-refractivity contribution in [3.63, 3.8) is 0 Å². The molecule has 0 fully saturated rings. The molecule has 1 atom stereocenters. The van der Waals surface area contributed by atoms with Gasteiger partial charge in [-0.05, 0) is 34.7 Å². The Morgan fingerprint density at radius 1 is 1.09 bits per heavy atom.